The van der Waals surface area contributed by atoms with Gasteiger partial charge in [-0.1, -0.05) is 0 Å². The van der Waals surface area contributed by atoms with E-state index in [9.17, 15) is 0 Å². The molecule has 0 aromatic rings. The van der Waals surface area contributed by atoms with Crippen molar-refractivity contribution >= 4 is 5.96 Å². The Bertz CT molecular complexity index is 144. The van der Waals surface area contributed by atoms with E-state index in [0.29, 0.717) is 6.42 Å². The summed E-state index contributed by atoms with van der Waals surface area (Å²) in [7, 11) is 0. The number of aliphatic hydroxyl groups excluding tert-OH is 1. The molecule has 0 heterocycles. The highest BCUT2D eigenvalue weighted by Crippen LogP contribution is 2.12. The number of aliphatic imine (C=N–C) groups is 1. The van der Waals surface area contributed by atoms with Gasteiger partial charge in [0.2, 0.25) is 5.96 Å². The van der Waals surface area contributed by atoms with E-state index in [1.807, 2.05) is 13.8 Å². The molecule has 0 aromatic heterocycles. The molecule has 0 atom stereocenters. The molecule has 0 bridgehead atoms. The van der Waals surface area contributed by atoms with Gasteiger partial charge in [-0.3, -0.25) is 5.43 Å². The van der Waals surface area contributed by atoms with E-state index in [-0.39, 0.29) is 18.1 Å². The van der Waals surface area contributed by atoms with E-state index in [1.165, 1.54) is 0 Å². The zero-order chi connectivity index (χ0) is 8.91. The van der Waals surface area contributed by atoms with E-state index >= 15 is 0 Å². The summed E-state index contributed by atoms with van der Waals surface area (Å²) in [4.78, 5) is 4.02. The maximum absolute atomic E-state index is 8.63. The molecule has 0 rings (SSSR count). The van der Waals surface area contributed by atoms with Gasteiger partial charge < -0.3 is 10.8 Å². The standard InChI is InChI=1S/C6H16N4O/c1-6(2,3-4-11)9-5(7)10-8/h11H,3-4,8H2,1-2H3,(H3,7,9,10). The number of nitrogens with zero attached hydrogens (tertiary/aromatic N) is 1. The second-order valence-electron chi connectivity index (χ2n) is 2.93. The van der Waals surface area contributed by atoms with Crippen molar-refractivity contribution in [3.05, 3.63) is 0 Å². The first-order valence-corrected chi connectivity index (χ1v) is 3.44. The molecule has 0 aliphatic carbocycles. The molecule has 0 aromatic carbocycles. The first kappa shape index (κ1) is 10.2. The number of aliphatic hydroxyl groups is 1. The predicted octanol–water partition coefficient (Wildman–Crippen LogP) is -1.07. The van der Waals surface area contributed by atoms with Gasteiger partial charge in [0, 0.05) is 6.61 Å². The van der Waals surface area contributed by atoms with Crippen LogP contribution in [0.4, 0.5) is 0 Å². The Labute approximate surface area is 66.5 Å². The van der Waals surface area contributed by atoms with Crippen LogP contribution in [0, 0.1) is 0 Å². The molecule has 0 aliphatic heterocycles. The average Bonchev–Trinajstić information content (AvgIpc) is 1.86. The summed E-state index contributed by atoms with van der Waals surface area (Å²) >= 11 is 0. The molecular weight excluding hydrogens is 144 g/mol. The summed E-state index contributed by atoms with van der Waals surface area (Å²) in [5, 5.41) is 8.63. The molecule has 11 heavy (non-hydrogen) atoms. The van der Waals surface area contributed by atoms with Crippen molar-refractivity contribution in [1.82, 2.24) is 5.43 Å². The van der Waals surface area contributed by atoms with Gasteiger partial charge >= 0.3 is 0 Å². The molecule has 0 fully saturated rings. The fourth-order valence-corrected chi connectivity index (χ4v) is 0.688. The molecule has 0 saturated carbocycles. The lowest BCUT2D eigenvalue weighted by molar-refractivity contribution is 0.254. The van der Waals surface area contributed by atoms with Gasteiger partial charge in [0.15, 0.2) is 0 Å². The van der Waals surface area contributed by atoms with Crippen molar-refractivity contribution in [3.63, 3.8) is 0 Å². The van der Waals surface area contributed by atoms with Crippen molar-refractivity contribution in [3.8, 4) is 0 Å². The molecule has 0 saturated heterocycles. The highest BCUT2D eigenvalue weighted by Gasteiger charge is 2.15. The van der Waals surface area contributed by atoms with Crippen LogP contribution in [0.5, 0.6) is 0 Å². The molecule has 0 aliphatic rings. The van der Waals surface area contributed by atoms with E-state index in [0.717, 1.165) is 0 Å². The van der Waals surface area contributed by atoms with Crippen molar-refractivity contribution in [1.29, 1.82) is 0 Å². The number of nitrogens with one attached hydrogen (secondary N) is 1. The fourth-order valence-electron chi connectivity index (χ4n) is 0.688. The lowest BCUT2D eigenvalue weighted by Crippen LogP contribution is -2.39. The van der Waals surface area contributed by atoms with Gasteiger partial charge in [-0.15, -0.1) is 0 Å². The lowest BCUT2D eigenvalue weighted by atomic mass is 10.0. The second kappa shape index (κ2) is 4.15. The molecule has 5 heteroatoms. The molecular formula is C6H16N4O. The maximum atomic E-state index is 8.63. The Kier molecular flexibility index (Phi) is 3.84. The smallest absolute Gasteiger partial charge is 0.203 e. The summed E-state index contributed by atoms with van der Waals surface area (Å²) in [5.41, 5.74) is 7.19. The van der Waals surface area contributed by atoms with E-state index in [4.69, 9.17) is 16.7 Å². The largest absolute Gasteiger partial charge is 0.396 e. The van der Waals surface area contributed by atoms with Gasteiger partial charge in [0.1, 0.15) is 0 Å². The van der Waals surface area contributed by atoms with Gasteiger partial charge in [0.25, 0.3) is 0 Å². The Balaban J connectivity index is 4.08. The van der Waals surface area contributed by atoms with Gasteiger partial charge in [-0.05, 0) is 20.3 Å². The van der Waals surface area contributed by atoms with Crippen LogP contribution in [0.15, 0.2) is 4.99 Å². The number of hydrogen-bond donors (Lipinski definition) is 4. The number of hydrazine groups is 1. The second-order valence-corrected chi connectivity index (χ2v) is 2.93. The monoisotopic (exact) mass is 160 g/mol. The van der Waals surface area contributed by atoms with Crippen LogP contribution >= 0.6 is 0 Å². The zero-order valence-electron chi connectivity index (χ0n) is 6.96. The molecule has 0 unspecified atom stereocenters. The van der Waals surface area contributed by atoms with Crippen LogP contribution in [0.2, 0.25) is 0 Å². The third kappa shape index (κ3) is 4.58. The normalized spacial score (nSPS) is 13.3. The third-order valence-electron chi connectivity index (χ3n) is 1.29. The summed E-state index contributed by atoms with van der Waals surface area (Å²) in [6.45, 7) is 3.83. The molecule has 0 amide bonds. The predicted molar refractivity (Wildman–Crippen MR) is 44.7 cm³/mol. The lowest BCUT2D eigenvalue weighted by Gasteiger charge is -2.18. The van der Waals surface area contributed by atoms with E-state index in [1.54, 1.807) is 0 Å². The average molecular weight is 160 g/mol. The van der Waals surface area contributed by atoms with Crippen LogP contribution in [-0.2, 0) is 0 Å². The first-order valence-electron chi connectivity index (χ1n) is 3.44. The topological polar surface area (TPSA) is 96.7 Å². The minimum atomic E-state index is -0.356. The summed E-state index contributed by atoms with van der Waals surface area (Å²) in [6.07, 6.45) is 0.565. The van der Waals surface area contributed by atoms with E-state index < -0.39 is 0 Å². The minimum Gasteiger partial charge on any atom is -0.396 e. The number of guanidine groups is 1. The van der Waals surface area contributed by atoms with Crippen LogP contribution < -0.4 is 17.0 Å². The Morgan fingerprint density at radius 3 is 2.55 bits per heavy atom. The van der Waals surface area contributed by atoms with Crippen molar-refractivity contribution in [2.75, 3.05) is 6.61 Å². The SMILES string of the molecule is CC(C)(CCO)N=C(N)NN. The molecule has 0 radical (unpaired) electrons. The Hall–Kier alpha value is -0.810. The molecule has 0 spiro atoms. The molecule has 6 N–H and O–H groups in total. The fraction of sp³-hybridized carbons (Fsp3) is 0.833. The minimum absolute atomic E-state index is 0.0916. The van der Waals surface area contributed by atoms with Crippen LogP contribution in [0.1, 0.15) is 20.3 Å². The Morgan fingerprint density at radius 1 is 1.64 bits per heavy atom. The number of hydrogen-bond acceptors (Lipinski definition) is 3. The summed E-state index contributed by atoms with van der Waals surface area (Å²) in [6, 6.07) is 0. The maximum Gasteiger partial charge on any atom is 0.203 e. The van der Waals surface area contributed by atoms with Gasteiger partial charge in [-0.2, -0.15) is 0 Å². The van der Waals surface area contributed by atoms with Crippen molar-refractivity contribution in [2.45, 2.75) is 25.8 Å². The first-order chi connectivity index (χ1) is 5.02. The Morgan fingerprint density at radius 2 is 2.18 bits per heavy atom. The highest BCUT2D eigenvalue weighted by atomic mass is 16.3. The quantitative estimate of drug-likeness (QED) is 0.183. The number of rotatable bonds is 3. The van der Waals surface area contributed by atoms with E-state index in [2.05, 4.69) is 10.4 Å². The zero-order valence-corrected chi connectivity index (χ0v) is 6.96. The molecule has 5 nitrogen and oxygen atoms in total. The molecule has 66 valence electrons. The van der Waals surface area contributed by atoms with Crippen LogP contribution in [0.3, 0.4) is 0 Å². The van der Waals surface area contributed by atoms with Crippen LogP contribution in [0.25, 0.3) is 0 Å². The summed E-state index contributed by atoms with van der Waals surface area (Å²) in [5.74, 6) is 5.19. The number of nitrogens with two attached hydrogens (primary N) is 2. The van der Waals surface area contributed by atoms with Gasteiger partial charge in [-0.25, -0.2) is 10.8 Å². The highest BCUT2D eigenvalue weighted by molar-refractivity contribution is 5.77. The summed E-state index contributed by atoms with van der Waals surface area (Å²) < 4.78 is 0. The van der Waals surface area contributed by atoms with Gasteiger partial charge in [0.05, 0.1) is 5.54 Å². The third-order valence-corrected chi connectivity index (χ3v) is 1.29. The van der Waals surface area contributed by atoms with Crippen molar-refractivity contribution < 1.29 is 5.11 Å². The van der Waals surface area contributed by atoms with Crippen molar-refractivity contribution in [2.24, 2.45) is 16.6 Å². The van der Waals surface area contributed by atoms with Crippen LogP contribution in [-0.4, -0.2) is 23.2 Å².